The van der Waals surface area contributed by atoms with E-state index in [-0.39, 0.29) is 11.8 Å². The third-order valence-corrected chi connectivity index (χ3v) is 6.59. The molecular weight excluding hydrogens is 318 g/mol. The fraction of sp³-hybridized carbons (Fsp3) is 0.667. The summed E-state index contributed by atoms with van der Waals surface area (Å²) in [7, 11) is -3.34. The minimum atomic E-state index is -3.34. The van der Waals surface area contributed by atoms with E-state index >= 15 is 0 Å². The maximum Gasteiger partial charge on any atom is 0.281 e. The molecule has 0 aromatic carbocycles. The average Bonchev–Trinajstić information content (AvgIpc) is 3.26. The van der Waals surface area contributed by atoms with Gasteiger partial charge in [0.1, 0.15) is 5.76 Å². The summed E-state index contributed by atoms with van der Waals surface area (Å²) in [4.78, 5) is 12.2. The van der Waals surface area contributed by atoms with Crippen LogP contribution in [0.1, 0.15) is 31.4 Å². The van der Waals surface area contributed by atoms with Crippen molar-refractivity contribution in [3.8, 4) is 0 Å². The van der Waals surface area contributed by atoms with E-state index in [2.05, 4.69) is 5.32 Å². The largest absolute Gasteiger partial charge is 0.467 e. The van der Waals surface area contributed by atoms with Gasteiger partial charge in [0.25, 0.3) is 10.2 Å². The van der Waals surface area contributed by atoms with Crippen LogP contribution in [-0.4, -0.2) is 49.1 Å². The monoisotopic (exact) mass is 341 g/mol. The van der Waals surface area contributed by atoms with E-state index in [0.717, 1.165) is 12.8 Å². The summed E-state index contributed by atoms with van der Waals surface area (Å²) < 4.78 is 33.2. The molecule has 2 fully saturated rings. The number of carbonyl (C=O) groups is 1. The van der Waals surface area contributed by atoms with E-state index in [1.165, 1.54) is 4.31 Å². The Morgan fingerprint density at radius 2 is 1.83 bits per heavy atom. The molecule has 3 heterocycles. The SMILES string of the molecule is O=C(NCc1ccco1)C1CCN(S(=O)(=O)N2CCCC2)CC1. The molecule has 0 spiro atoms. The van der Waals surface area contributed by atoms with E-state index in [4.69, 9.17) is 4.42 Å². The molecule has 0 saturated carbocycles. The second-order valence-electron chi connectivity index (χ2n) is 6.08. The second kappa shape index (κ2) is 7.02. The topological polar surface area (TPSA) is 82.9 Å². The summed E-state index contributed by atoms with van der Waals surface area (Å²) in [6.45, 7) is 2.44. The van der Waals surface area contributed by atoms with Crippen molar-refractivity contribution < 1.29 is 17.6 Å². The average molecular weight is 341 g/mol. The summed E-state index contributed by atoms with van der Waals surface area (Å²) in [5.41, 5.74) is 0. The van der Waals surface area contributed by atoms with Crippen LogP contribution >= 0.6 is 0 Å². The number of rotatable bonds is 5. The quantitative estimate of drug-likeness (QED) is 0.864. The first-order chi connectivity index (χ1) is 11.1. The summed E-state index contributed by atoms with van der Waals surface area (Å²) in [5, 5.41) is 2.85. The van der Waals surface area contributed by atoms with E-state index in [0.29, 0.717) is 51.3 Å². The number of carbonyl (C=O) groups excluding carboxylic acids is 1. The zero-order valence-electron chi connectivity index (χ0n) is 13.1. The van der Waals surface area contributed by atoms with E-state index in [9.17, 15) is 13.2 Å². The Hall–Kier alpha value is -1.38. The van der Waals surface area contributed by atoms with Crippen molar-refractivity contribution >= 4 is 16.1 Å². The molecule has 2 aliphatic heterocycles. The van der Waals surface area contributed by atoms with Crippen LogP contribution in [0.4, 0.5) is 0 Å². The number of hydrogen-bond acceptors (Lipinski definition) is 4. The smallest absolute Gasteiger partial charge is 0.281 e. The van der Waals surface area contributed by atoms with Crippen molar-refractivity contribution in [3.63, 3.8) is 0 Å². The van der Waals surface area contributed by atoms with Gasteiger partial charge in [-0.2, -0.15) is 17.0 Å². The van der Waals surface area contributed by atoms with Gasteiger partial charge in [0, 0.05) is 32.1 Å². The van der Waals surface area contributed by atoms with E-state index in [1.54, 1.807) is 16.6 Å². The zero-order valence-corrected chi connectivity index (χ0v) is 13.9. The van der Waals surface area contributed by atoms with Crippen LogP contribution in [0.25, 0.3) is 0 Å². The maximum absolute atomic E-state index is 12.5. The molecule has 3 rings (SSSR count). The lowest BCUT2D eigenvalue weighted by Crippen LogP contribution is -2.48. The lowest BCUT2D eigenvalue weighted by atomic mass is 9.97. The highest BCUT2D eigenvalue weighted by Crippen LogP contribution is 2.23. The lowest BCUT2D eigenvalue weighted by Gasteiger charge is -2.33. The molecule has 8 heteroatoms. The number of furan rings is 1. The molecule has 1 aromatic rings. The van der Waals surface area contributed by atoms with Crippen LogP contribution in [-0.2, 0) is 21.5 Å². The first kappa shape index (κ1) is 16.5. The van der Waals surface area contributed by atoms with E-state index in [1.807, 2.05) is 6.07 Å². The number of hydrogen-bond donors (Lipinski definition) is 1. The zero-order chi connectivity index (χ0) is 16.3. The Morgan fingerprint density at radius 3 is 2.43 bits per heavy atom. The fourth-order valence-electron chi connectivity index (χ4n) is 3.16. The van der Waals surface area contributed by atoms with Gasteiger partial charge in [-0.1, -0.05) is 0 Å². The highest BCUT2D eigenvalue weighted by atomic mass is 32.2. The lowest BCUT2D eigenvalue weighted by molar-refractivity contribution is -0.126. The highest BCUT2D eigenvalue weighted by Gasteiger charge is 2.35. The molecule has 2 aliphatic rings. The number of piperidine rings is 1. The Bertz CT molecular complexity index is 615. The molecule has 7 nitrogen and oxygen atoms in total. The van der Waals surface area contributed by atoms with Crippen LogP contribution in [0.15, 0.2) is 22.8 Å². The molecular formula is C15H23N3O4S. The maximum atomic E-state index is 12.5. The van der Waals surface area contributed by atoms with Crippen molar-refractivity contribution in [1.29, 1.82) is 0 Å². The molecule has 0 radical (unpaired) electrons. The van der Waals surface area contributed by atoms with Gasteiger partial charge in [0.05, 0.1) is 12.8 Å². The Labute approximate surface area is 136 Å². The molecule has 1 N–H and O–H groups in total. The highest BCUT2D eigenvalue weighted by molar-refractivity contribution is 7.86. The molecule has 2 saturated heterocycles. The third-order valence-electron chi connectivity index (χ3n) is 4.56. The summed E-state index contributed by atoms with van der Waals surface area (Å²) in [6.07, 6.45) is 4.58. The second-order valence-corrected chi connectivity index (χ2v) is 8.01. The van der Waals surface area contributed by atoms with Crippen LogP contribution in [0.5, 0.6) is 0 Å². The molecule has 0 bridgehead atoms. The van der Waals surface area contributed by atoms with Crippen molar-refractivity contribution in [2.24, 2.45) is 5.92 Å². The normalized spacial score (nSPS) is 21.6. The van der Waals surface area contributed by atoms with Crippen LogP contribution in [0, 0.1) is 5.92 Å². The molecule has 128 valence electrons. The standard InChI is InChI=1S/C15H23N3O4S/c19-15(16-12-14-4-3-11-22-14)13-5-9-18(10-6-13)23(20,21)17-7-1-2-8-17/h3-4,11,13H,1-2,5-10,12H2,(H,16,19). The van der Waals surface area contributed by atoms with Gasteiger partial charge in [-0.15, -0.1) is 0 Å². The van der Waals surface area contributed by atoms with Gasteiger partial charge in [0.15, 0.2) is 0 Å². The van der Waals surface area contributed by atoms with Crippen LogP contribution in [0.3, 0.4) is 0 Å². The van der Waals surface area contributed by atoms with Crippen LogP contribution in [0.2, 0.25) is 0 Å². The first-order valence-corrected chi connectivity index (χ1v) is 9.52. The summed E-state index contributed by atoms with van der Waals surface area (Å²) in [5.74, 6) is 0.557. The predicted octanol–water partition coefficient (Wildman–Crippen LogP) is 0.948. The van der Waals surface area contributed by atoms with Gasteiger partial charge in [-0.25, -0.2) is 0 Å². The van der Waals surface area contributed by atoms with Gasteiger partial charge in [-0.3, -0.25) is 4.79 Å². The summed E-state index contributed by atoms with van der Waals surface area (Å²) >= 11 is 0. The Kier molecular flexibility index (Phi) is 5.03. The number of amides is 1. The Morgan fingerprint density at radius 1 is 1.17 bits per heavy atom. The van der Waals surface area contributed by atoms with Crippen molar-refractivity contribution in [1.82, 2.24) is 13.9 Å². The number of nitrogens with one attached hydrogen (secondary N) is 1. The van der Waals surface area contributed by atoms with Gasteiger partial charge >= 0.3 is 0 Å². The predicted molar refractivity (Wildman–Crippen MR) is 84.6 cm³/mol. The summed E-state index contributed by atoms with van der Waals surface area (Å²) in [6, 6.07) is 3.59. The molecule has 0 unspecified atom stereocenters. The third kappa shape index (κ3) is 3.76. The minimum absolute atomic E-state index is 0.0281. The minimum Gasteiger partial charge on any atom is -0.467 e. The van der Waals surface area contributed by atoms with Gasteiger partial charge in [-0.05, 0) is 37.8 Å². The molecule has 0 atom stereocenters. The molecule has 1 aromatic heterocycles. The first-order valence-electron chi connectivity index (χ1n) is 8.12. The van der Waals surface area contributed by atoms with E-state index < -0.39 is 10.2 Å². The Balaban J connectivity index is 1.48. The van der Waals surface area contributed by atoms with Crippen molar-refractivity contribution in [2.75, 3.05) is 26.2 Å². The fourth-order valence-corrected chi connectivity index (χ4v) is 4.88. The number of nitrogens with zero attached hydrogens (tertiary/aromatic N) is 2. The molecule has 1 amide bonds. The van der Waals surface area contributed by atoms with Crippen molar-refractivity contribution in [2.45, 2.75) is 32.2 Å². The van der Waals surface area contributed by atoms with Gasteiger partial charge in [0.2, 0.25) is 5.91 Å². The van der Waals surface area contributed by atoms with Crippen molar-refractivity contribution in [3.05, 3.63) is 24.2 Å². The van der Waals surface area contributed by atoms with Crippen LogP contribution < -0.4 is 5.32 Å². The van der Waals surface area contributed by atoms with Gasteiger partial charge < -0.3 is 9.73 Å². The molecule has 23 heavy (non-hydrogen) atoms. The molecule has 0 aliphatic carbocycles.